The first-order chi connectivity index (χ1) is 6.60. The fraction of sp³-hybridized carbons (Fsp3) is 0.182. The van der Waals surface area contributed by atoms with Crippen LogP contribution < -0.4 is 5.73 Å². The van der Waals surface area contributed by atoms with Gasteiger partial charge in [0.05, 0.1) is 0 Å². The minimum atomic E-state index is -0.257. The van der Waals surface area contributed by atoms with Crippen molar-refractivity contribution in [3.8, 4) is 0 Å². The van der Waals surface area contributed by atoms with Gasteiger partial charge in [-0.05, 0) is 30.2 Å². The SMILES string of the molecule is C=Cc1cc(F)c(C)cc1C(N)=NC. The predicted molar refractivity (Wildman–Crippen MR) is 57.9 cm³/mol. The Bertz CT molecular complexity index is 395. The van der Waals surface area contributed by atoms with Crippen LogP contribution in [0.1, 0.15) is 16.7 Å². The maximum absolute atomic E-state index is 13.2. The van der Waals surface area contributed by atoms with Gasteiger partial charge in [-0.3, -0.25) is 4.99 Å². The molecule has 0 unspecified atom stereocenters. The highest BCUT2D eigenvalue weighted by atomic mass is 19.1. The third-order valence-electron chi connectivity index (χ3n) is 2.07. The van der Waals surface area contributed by atoms with Crippen LogP contribution in [-0.4, -0.2) is 12.9 Å². The molecule has 1 aromatic carbocycles. The maximum Gasteiger partial charge on any atom is 0.126 e. The average Bonchev–Trinajstić information content (AvgIpc) is 2.20. The average molecular weight is 192 g/mol. The zero-order chi connectivity index (χ0) is 10.7. The van der Waals surface area contributed by atoms with Crippen LogP contribution in [-0.2, 0) is 0 Å². The number of halogens is 1. The molecule has 1 aromatic rings. The second-order valence-corrected chi connectivity index (χ2v) is 3.00. The Morgan fingerprint density at radius 2 is 2.21 bits per heavy atom. The molecule has 0 aliphatic rings. The van der Waals surface area contributed by atoms with Crippen LogP contribution in [0.25, 0.3) is 6.08 Å². The third-order valence-corrected chi connectivity index (χ3v) is 2.07. The first kappa shape index (κ1) is 10.4. The smallest absolute Gasteiger partial charge is 0.126 e. The Labute approximate surface area is 83.0 Å². The standard InChI is InChI=1S/C11H13FN2/c1-4-8-6-10(12)7(2)5-9(8)11(13)14-3/h4-6H,1H2,2-3H3,(H2,13,14). The number of nitrogens with two attached hydrogens (primary N) is 1. The van der Waals surface area contributed by atoms with Gasteiger partial charge in [0, 0.05) is 12.6 Å². The normalized spacial score (nSPS) is 11.5. The van der Waals surface area contributed by atoms with Crippen molar-refractivity contribution < 1.29 is 4.39 Å². The van der Waals surface area contributed by atoms with Gasteiger partial charge < -0.3 is 5.73 Å². The van der Waals surface area contributed by atoms with E-state index in [-0.39, 0.29) is 5.82 Å². The van der Waals surface area contributed by atoms with Gasteiger partial charge in [0.15, 0.2) is 0 Å². The Morgan fingerprint density at radius 1 is 1.57 bits per heavy atom. The number of hydrogen-bond donors (Lipinski definition) is 1. The summed E-state index contributed by atoms with van der Waals surface area (Å²) < 4.78 is 13.2. The van der Waals surface area contributed by atoms with Gasteiger partial charge in [0.1, 0.15) is 11.7 Å². The number of aliphatic imine (C=N–C) groups is 1. The summed E-state index contributed by atoms with van der Waals surface area (Å²) in [6.07, 6.45) is 1.57. The molecule has 2 N–H and O–H groups in total. The summed E-state index contributed by atoms with van der Waals surface area (Å²) in [5.74, 6) is 0.135. The van der Waals surface area contributed by atoms with Crippen LogP contribution in [0.3, 0.4) is 0 Å². The highest BCUT2D eigenvalue weighted by Crippen LogP contribution is 2.16. The molecule has 0 radical (unpaired) electrons. The summed E-state index contributed by atoms with van der Waals surface area (Å²) in [5, 5.41) is 0. The van der Waals surface area contributed by atoms with E-state index in [0.717, 1.165) is 5.56 Å². The van der Waals surface area contributed by atoms with Crippen molar-refractivity contribution in [2.75, 3.05) is 7.05 Å². The minimum absolute atomic E-state index is 0.257. The molecule has 0 spiro atoms. The maximum atomic E-state index is 13.2. The van der Waals surface area contributed by atoms with Gasteiger partial charge in [-0.2, -0.15) is 0 Å². The van der Waals surface area contributed by atoms with Crippen LogP contribution >= 0.6 is 0 Å². The summed E-state index contributed by atoms with van der Waals surface area (Å²) in [6.45, 7) is 5.29. The quantitative estimate of drug-likeness (QED) is 0.565. The Balaban J connectivity index is 3.42. The first-order valence-electron chi connectivity index (χ1n) is 4.25. The highest BCUT2D eigenvalue weighted by molar-refractivity contribution is 6.00. The number of hydrogen-bond acceptors (Lipinski definition) is 1. The van der Waals surface area contributed by atoms with Crippen LogP contribution in [0.2, 0.25) is 0 Å². The second kappa shape index (κ2) is 4.05. The van der Waals surface area contributed by atoms with E-state index in [9.17, 15) is 4.39 Å². The van der Waals surface area contributed by atoms with E-state index in [4.69, 9.17) is 5.73 Å². The number of aryl methyl sites for hydroxylation is 1. The zero-order valence-electron chi connectivity index (χ0n) is 8.34. The van der Waals surface area contributed by atoms with Gasteiger partial charge in [-0.1, -0.05) is 12.7 Å². The molecule has 0 saturated carbocycles. The topological polar surface area (TPSA) is 38.4 Å². The summed E-state index contributed by atoms with van der Waals surface area (Å²) >= 11 is 0. The first-order valence-corrected chi connectivity index (χ1v) is 4.25. The van der Waals surface area contributed by atoms with Crippen LogP contribution in [0.15, 0.2) is 23.7 Å². The van der Waals surface area contributed by atoms with E-state index < -0.39 is 0 Å². The summed E-state index contributed by atoms with van der Waals surface area (Å²) in [7, 11) is 1.60. The predicted octanol–water partition coefficient (Wildman–Crippen LogP) is 2.11. The Morgan fingerprint density at radius 3 is 2.71 bits per heavy atom. The molecular weight excluding hydrogens is 179 g/mol. The second-order valence-electron chi connectivity index (χ2n) is 3.00. The lowest BCUT2D eigenvalue weighted by Gasteiger charge is -2.07. The molecule has 3 heteroatoms. The van der Waals surface area contributed by atoms with E-state index in [1.807, 2.05) is 0 Å². The van der Waals surface area contributed by atoms with E-state index in [1.165, 1.54) is 6.07 Å². The fourth-order valence-corrected chi connectivity index (χ4v) is 1.21. The molecular formula is C11H13FN2. The van der Waals surface area contributed by atoms with E-state index >= 15 is 0 Å². The molecule has 14 heavy (non-hydrogen) atoms. The monoisotopic (exact) mass is 192 g/mol. The number of nitrogens with zero attached hydrogens (tertiary/aromatic N) is 1. The molecule has 0 aromatic heterocycles. The largest absolute Gasteiger partial charge is 0.383 e. The van der Waals surface area contributed by atoms with Gasteiger partial charge in [-0.15, -0.1) is 0 Å². The van der Waals surface area contributed by atoms with Crippen molar-refractivity contribution in [2.45, 2.75) is 6.92 Å². The third kappa shape index (κ3) is 1.82. The number of benzene rings is 1. The molecule has 1 rings (SSSR count). The summed E-state index contributed by atoms with van der Waals surface area (Å²) in [4.78, 5) is 3.86. The van der Waals surface area contributed by atoms with Gasteiger partial charge >= 0.3 is 0 Å². The Kier molecular flexibility index (Phi) is 3.02. The molecule has 0 aliphatic carbocycles. The van der Waals surface area contributed by atoms with Crippen LogP contribution in [0.4, 0.5) is 4.39 Å². The molecule has 0 aliphatic heterocycles. The fourth-order valence-electron chi connectivity index (χ4n) is 1.21. The highest BCUT2D eigenvalue weighted by Gasteiger charge is 2.07. The van der Waals surface area contributed by atoms with Crippen LogP contribution in [0, 0.1) is 12.7 Å². The lowest BCUT2D eigenvalue weighted by molar-refractivity contribution is 0.618. The molecule has 0 bridgehead atoms. The Hall–Kier alpha value is -1.64. The van der Waals surface area contributed by atoms with Crippen molar-refractivity contribution >= 4 is 11.9 Å². The number of amidine groups is 1. The van der Waals surface area contributed by atoms with E-state index in [0.29, 0.717) is 17.0 Å². The van der Waals surface area contributed by atoms with Gasteiger partial charge in [0.25, 0.3) is 0 Å². The lowest BCUT2D eigenvalue weighted by atomic mass is 10.0. The molecule has 74 valence electrons. The van der Waals surface area contributed by atoms with Crippen LogP contribution in [0.5, 0.6) is 0 Å². The van der Waals surface area contributed by atoms with Crippen molar-refractivity contribution in [2.24, 2.45) is 10.7 Å². The molecule has 0 heterocycles. The van der Waals surface area contributed by atoms with Crippen molar-refractivity contribution in [3.05, 3.63) is 41.2 Å². The summed E-state index contributed by atoms with van der Waals surface area (Å²) in [5.41, 5.74) is 7.61. The molecule has 0 saturated heterocycles. The van der Waals surface area contributed by atoms with Crippen molar-refractivity contribution in [1.29, 1.82) is 0 Å². The van der Waals surface area contributed by atoms with Crippen molar-refractivity contribution in [3.63, 3.8) is 0 Å². The molecule has 2 nitrogen and oxygen atoms in total. The van der Waals surface area contributed by atoms with Gasteiger partial charge in [-0.25, -0.2) is 4.39 Å². The lowest BCUT2D eigenvalue weighted by Crippen LogP contribution is -2.15. The molecule has 0 fully saturated rings. The molecule has 0 amide bonds. The molecule has 0 atom stereocenters. The van der Waals surface area contributed by atoms with E-state index in [1.54, 1.807) is 26.1 Å². The van der Waals surface area contributed by atoms with Crippen molar-refractivity contribution in [1.82, 2.24) is 0 Å². The van der Waals surface area contributed by atoms with E-state index in [2.05, 4.69) is 11.6 Å². The van der Waals surface area contributed by atoms with Gasteiger partial charge in [0.2, 0.25) is 0 Å². The summed E-state index contributed by atoms with van der Waals surface area (Å²) in [6, 6.07) is 3.09. The number of rotatable bonds is 2. The zero-order valence-corrected chi connectivity index (χ0v) is 8.34. The minimum Gasteiger partial charge on any atom is -0.383 e.